The van der Waals surface area contributed by atoms with Crippen LogP contribution in [-0.2, 0) is 0 Å². The maximum atomic E-state index is 4.37. The number of hydrogen-bond donors (Lipinski definition) is 2. The molecule has 2 aromatic heterocycles. The quantitative estimate of drug-likeness (QED) is 0.789. The third-order valence-electron chi connectivity index (χ3n) is 2.66. The smallest absolute Gasteiger partial charge is 0.129 e. The molecule has 20 heavy (non-hydrogen) atoms. The number of nitrogens with zero attached hydrogens (tertiary/aromatic N) is 3. The Balaban J connectivity index is 2.13. The highest BCUT2D eigenvalue weighted by atomic mass is 15.0. The van der Waals surface area contributed by atoms with Crippen LogP contribution in [0.5, 0.6) is 0 Å². The summed E-state index contributed by atoms with van der Waals surface area (Å²) in [6.07, 6.45) is 3.36. The van der Waals surface area contributed by atoms with Gasteiger partial charge in [0.05, 0.1) is 5.69 Å². The summed E-state index contributed by atoms with van der Waals surface area (Å²) in [5.41, 5.74) is 2.89. The Morgan fingerprint density at radius 2 is 2.00 bits per heavy atom. The van der Waals surface area contributed by atoms with E-state index in [1.807, 2.05) is 32.0 Å². The van der Waals surface area contributed by atoms with E-state index in [9.17, 15) is 0 Å². The second-order valence-electron chi connectivity index (χ2n) is 4.56. The lowest BCUT2D eigenvalue weighted by Crippen LogP contribution is -2.03. The SMILES string of the molecule is C=C(C)CNc1ccc(-c2cc(NCC)ncn2)cn1. The van der Waals surface area contributed by atoms with Crippen LogP contribution in [0.2, 0.25) is 0 Å². The molecule has 0 amide bonds. The average Bonchev–Trinajstić information content (AvgIpc) is 2.46. The van der Waals surface area contributed by atoms with Crippen molar-refractivity contribution in [3.8, 4) is 11.3 Å². The molecular formula is C15H19N5. The number of rotatable bonds is 6. The Bertz CT molecular complexity index is 577. The van der Waals surface area contributed by atoms with Gasteiger partial charge >= 0.3 is 0 Å². The monoisotopic (exact) mass is 269 g/mol. The number of nitrogens with one attached hydrogen (secondary N) is 2. The average molecular weight is 269 g/mol. The Kier molecular flexibility index (Phi) is 4.65. The molecule has 0 aliphatic rings. The minimum atomic E-state index is 0.727. The third-order valence-corrected chi connectivity index (χ3v) is 2.66. The van der Waals surface area contributed by atoms with E-state index in [1.165, 1.54) is 0 Å². The van der Waals surface area contributed by atoms with Crippen molar-refractivity contribution >= 4 is 11.6 Å². The van der Waals surface area contributed by atoms with Crippen molar-refractivity contribution in [2.75, 3.05) is 23.7 Å². The first-order valence-electron chi connectivity index (χ1n) is 6.59. The molecule has 5 heteroatoms. The van der Waals surface area contributed by atoms with E-state index >= 15 is 0 Å². The molecule has 104 valence electrons. The molecule has 0 aliphatic carbocycles. The molecule has 0 spiro atoms. The molecule has 0 bridgehead atoms. The van der Waals surface area contributed by atoms with Crippen LogP contribution in [0.15, 0.2) is 42.9 Å². The Hall–Kier alpha value is -2.43. The molecule has 2 N–H and O–H groups in total. The molecule has 0 saturated carbocycles. The Morgan fingerprint density at radius 3 is 2.65 bits per heavy atom. The normalized spacial score (nSPS) is 10.1. The van der Waals surface area contributed by atoms with Gasteiger partial charge in [0.2, 0.25) is 0 Å². The predicted molar refractivity (Wildman–Crippen MR) is 82.7 cm³/mol. The van der Waals surface area contributed by atoms with Crippen molar-refractivity contribution in [2.24, 2.45) is 0 Å². The zero-order valence-corrected chi connectivity index (χ0v) is 11.8. The fourth-order valence-electron chi connectivity index (χ4n) is 1.68. The number of aromatic nitrogens is 3. The van der Waals surface area contributed by atoms with E-state index < -0.39 is 0 Å². The lowest BCUT2D eigenvalue weighted by molar-refractivity contribution is 1.11. The third kappa shape index (κ3) is 3.78. The summed E-state index contributed by atoms with van der Waals surface area (Å²) in [5, 5.41) is 6.37. The lowest BCUT2D eigenvalue weighted by atomic mass is 10.2. The Morgan fingerprint density at radius 1 is 1.15 bits per heavy atom. The standard InChI is InChI=1S/C15H19N5/c1-4-16-15-7-13(19-10-20-15)12-5-6-14(18-9-12)17-8-11(2)3/h5-7,9-10H,2,4,8H2,1,3H3,(H,17,18)(H,16,19,20). The Labute approximate surface area is 119 Å². The van der Waals surface area contributed by atoms with Crippen LogP contribution in [0.25, 0.3) is 11.3 Å². The topological polar surface area (TPSA) is 62.7 Å². The van der Waals surface area contributed by atoms with Gasteiger partial charge < -0.3 is 10.6 Å². The van der Waals surface area contributed by atoms with Gasteiger partial charge in [-0.1, -0.05) is 12.2 Å². The van der Waals surface area contributed by atoms with Gasteiger partial charge in [-0.05, 0) is 26.0 Å². The van der Waals surface area contributed by atoms with E-state index in [0.717, 1.165) is 41.6 Å². The molecule has 0 atom stereocenters. The molecule has 0 radical (unpaired) electrons. The number of anilines is 2. The van der Waals surface area contributed by atoms with Gasteiger partial charge in [0, 0.05) is 30.9 Å². The molecule has 0 aliphatic heterocycles. The van der Waals surface area contributed by atoms with Crippen LogP contribution in [0.3, 0.4) is 0 Å². The molecule has 0 unspecified atom stereocenters. The highest BCUT2D eigenvalue weighted by Crippen LogP contribution is 2.19. The molecular weight excluding hydrogens is 250 g/mol. The highest BCUT2D eigenvalue weighted by molar-refractivity contribution is 5.62. The molecule has 0 aromatic carbocycles. The van der Waals surface area contributed by atoms with Gasteiger partial charge in [-0.3, -0.25) is 0 Å². The second-order valence-corrected chi connectivity index (χ2v) is 4.56. The largest absolute Gasteiger partial charge is 0.370 e. The maximum absolute atomic E-state index is 4.37. The maximum Gasteiger partial charge on any atom is 0.129 e. The van der Waals surface area contributed by atoms with Gasteiger partial charge in [0.15, 0.2) is 0 Å². The fraction of sp³-hybridized carbons (Fsp3) is 0.267. The summed E-state index contributed by atoms with van der Waals surface area (Å²) in [4.78, 5) is 12.8. The molecule has 0 saturated heterocycles. The molecule has 2 heterocycles. The van der Waals surface area contributed by atoms with Gasteiger partial charge in [-0.15, -0.1) is 0 Å². The molecule has 2 rings (SSSR count). The fourth-order valence-corrected chi connectivity index (χ4v) is 1.68. The van der Waals surface area contributed by atoms with Gasteiger partial charge in [-0.25, -0.2) is 15.0 Å². The van der Waals surface area contributed by atoms with E-state index in [-0.39, 0.29) is 0 Å². The van der Waals surface area contributed by atoms with Crippen molar-refractivity contribution in [3.63, 3.8) is 0 Å². The van der Waals surface area contributed by atoms with Crippen molar-refractivity contribution in [3.05, 3.63) is 42.9 Å². The summed E-state index contributed by atoms with van der Waals surface area (Å²) in [6, 6.07) is 5.85. The van der Waals surface area contributed by atoms with Crippen LogP contribution in [-0.4, -0.2) is 28.0 Å². The van der Waals surface area contributed by atoms with Crippen molar-refractivity contribution < 1.29 is 0 Å². The summed E-state index contributed by atoms with van der Waals surface area (Å²) in [5.74, 6) is 1.65. The van der Waals surface area contributed by atoms with Gasteiger partial charge in [-0.2, -0.15) is 0 Å². The zero-order valence-electron chi connectivity index (χ0n) is 11.8. The van der Waals surface area contributed by atoms with Crippen LogP contribution in [0.4, 0.5) is 11.6 Å². The number of pyridine rings is 1. The second kappa shape index (κ2) is 6.65. The predicted octanol–water partition coefficient (Wildman–Crippen LogP) is 2.96. The minimum Gasteiger partial charge on any atom is -0.370 e. The van der Waals surface area contributed by atoms with Crippen molar-refractivity contribution in [1.29, 1.82) is 0 Å². The van der Waals surface area contributed by atoms with E-state index in [1.54, 1.807) is 12.5 Å². The summed E-state index contributed by atoms with van der Waals surface area (Å²) >= 11 is 0. The molecule has 0 fully saturated rings. The zero-order chi connectivity index (χ0) is 14.4. The first-order valence-corrected chi connectivity index (χ1v) is 6.59. The van der Waals surface area contributed by atoms with E-state index in [0.29, 0.717) is 0 Å². The van der Waals surface area contributed by atoms with Gasteiger partial charge in [0.25, 0.3) is 0 Å². The minimum absolute atomic E-state index is 0.727. The lowest BCUT2D eigenvalue weighted by Gasteiger charge is -2.07. The molecule has 5 nitrogen and oxygen atoms in total. The highest BCUT2D eigenvalue weighted by Gasteiger charge is 2.02. The van der Waals surface area contributed by atoms with E-state index in [4.69, 9.17) is 0 Å². The van der Waals surface area contributed by atoms with Crippen LogP contribution < -0.4 is 10.6 Å². The van der Waals surface area contributed by atoms with Crippen LogP contribution >= 0.6 is 0 Å². The van der Waals surface area contributed by atoms with E-state index in [2.05, 4.69) is 32.2 Å². The molecule has 2 aromatic rings. The summed E-state index contributed by atoms with van der Waals surface area (Å²) in [6.45, 7) is 9.42. The van der Waals surface area contributed by atoms with Crippen LogP contribution in [0.1, 0.15) is 13.8 Å². The van der Waals surface area contributed by atoms with Crippen molar-refractivity contribution in [1.82, 2.24) is 15.0 Å². The summed E-state index contributed by atoms with van der Waals surface area (Å²) in [7, 11) is 0. The first-order chi connectivity index (χ1) is 9.69. The number of hydrogen-bond acceptors (Lipinski definition) is 5. The summed E-state index contributed by atoms with van der Waals surface area (Å²) < 4.78 is 0. The van der Waals surface area contributed by atoms with Crippen molar-refractivity contribution in [2.45, 2.75) is 13.8 Å². The van der Waals surface area contributed by atoms with Crippen LogP contribution in [0, 0.1) is 0 Å². The first kappa shape index (κ1) is 14.0. The van der Waals surface area contributed by atoms with Gasteiger partial charge in [0.1, 0.15) is 18.0 Å².